The molecule has 6 nitrogen and oxygen atoms in total. The molecule has 1 N–H and O–H groups in total. The maximum absolute atomic E-state index is 12.9. The lowest BCUT2D eigenvalue weighted by Crippen LogP contribution is -2.20. The van der Waals surface area contributed by atoms with Gasteiger partial charge in [0.2, 0.25) is 5.91 Å². The van der Waals surface area contributed by atoms with E-state index in [9.17, 15) is 14.9 Å². The van der Waals surface area contributed by atoms with Crippen LogP contribution in [0.15, 0.2) is 48.7 Å². The number of carbonyl (C=O) groups is 2. The molecule has 1 aromatic heterocycles. The van der Waals surface area contributed by atoms with Crippen LogP contribution in [0, 0.1) is 11.3 Å². The van der Waals surface area contributed by atoms with Gasteiger partial charge in [-0.1, -0.05) is 12.1 Å². The molecule has 2 heterocycles. The van der Waals surface area contributed by atoms with Crippen LogP contribution in [0.1, 0.15) is 34.0 Å². The minimum atomic E-state index is -1.02. The van der Waals surface area contributed by atoms with Crippen LogP contribution in [-0.4, -0.2) is 21.7 Å². The van der Waals surface area contributed by atoms with E-state index < -0.39 is 5.92 Å². The van der Waals surface area contributed by atoms with Gasteiger partial charge < -0.3 is 5.32 Å². The summed E-state index contributed by atoms with van der Waals surface area (Å²) in [6.07, 6.45) is 2.45. The van der Waals surface area contributed by atoms with E-state index in [0.717, 1.165) is 11.3 Å². The number of anilines is 1. The molecule has 0 aliphatic carbocycles. The zero-order valence-electron chi connectivity index (χ0n) is 13.8. The summed E-state index contributed by atoms with van der Waals surface area (Å²) in [6, 6.07) is 14.4. The largest absolute Gasteiger partial charge is 0.326 e. The van der Waals surface area contributed by atoms with Gasteiger partial charge in [0, 0.05) is 17.7 Å². The summed E-state index contributed by atoms with van der Waals surface area (Å²) in [6.45, 7) is 0. The third-order valence-electron chi connectivity index (χ3n) is 4.44. The second kappa shape index (κ2) is 6.37. The number of rotatable bonds is 3. The Morgan fingerprint density at radius 2 is 1.96 bits per heavy atom. The molecule has 0 radical (unpaired) electrons. The average molecular weight is 342 g/mol. The number of hydrogen-bond donors (Lipinski definition) is 1. The molecule has 1 aliphatic heterocycles. The Morgan fingerprint density at radius 1 is 1.15 bits per heavy atom. The summed E-state index contributed by atoms with van der Waals surface area (Å²) >= 11 is 0. The van der Waals surface area contributed by atoms with Crippen molar-refractivity contribution in [3.63, 3.8) is 0 Å². The summed E-state index contributed by atoms with van der Waals surface area (Å²) in [5.41, 5.74) is 3.74. The summed E-state index contributed by atoms with van der Waals surface area (Å²) in [5.74, 6) is -1.38. The van der Waals surface area contributed by atoms with E-state index in [2.05, 4.69) is 15.3 Å². The molecule has 0 saturated heterocycles. The number of hydrogen-bond acceptors (Lipinski definition) is 5. The first kappa shape index (κ1) is 15.9. The van der Waals surface area contributed by atoms with Crippen molar-refractivity contribution in [1.29, 1.82) is 5.26 Å². The molecule has 1 atom stereocenters. The minimum Gasteiger partial charge on any atom is -0.326 e. The summed E-state index contributed by atoms with van der Waals surface area (Å²) < 4.78 is 0. The van der Waals surface area contributed by atoms with Crippen LogP contribution < -0.4 is 5.32 Å². The van der Waals surface area contributed by atoms with Crippen molar-refractivity contribution in [3.05, 3.63) is 65.5 Å². The van der Waals surface area contributed by atoms with Crippen molar-refractivity contribution in [2.45, 2.75) is 18.8 Å². The number of ketones is 1. The topological polar surface area (TPSA) is 95.7 Å². The van der Waals surface area contributed by atoms with Crippen LogP contribution in [0.3, 0.4) is 0 Å². The van der Waals surface area contributed by atoms with E-state index in [1.165, 1.54) is 6.20 Å². The summed E-state index contributed by atoms with van der Waals surface area (Å²) in [5, 5.41) is 12.3. The number of amides is 1. The molecule has 26 heavy (non-hydrogen) atoms. The van der Waals surface area contributed by atoms with Crippen molar-refractivity contribution < 1.29 is 9.59 Å². The van der Waals surface area contributed by atoms with Gasteiger partial charge in [-0.25, -0.2) is 4.98 Å². The molecule has 0 fully saturated rings. The zero-order valence-corrected chi connectivity index (χ0v) is 13.8. The number of Topliss-reactive ketones (excluding diaryl/α,β-unsaturated/α-hetero) is 1. The first-order chi connectivity index (χ1) is 12.7. The van der Waals surface area contributed by atoms with Gasteiger partial charge in [-0.05, 0) is 42.3 Å². The van der Waals surface area contributed by atoms with Crippen LogP contribution in [0.5, 0.6) is 0 Å². The van der Waals surface area contributed by atoms with Gasteiger partial charge in [0.05, 0.1) is 29.0 Å². The molecular formula is C20H14N4O2. The maximum atomic E-state index is 12.9. The van der Waals surface area contributed by atoms with Crippen LogP contribution >= 0.6 is 0 Å². The smallest absolute Gasteiger partial charge is 0.224 e. The van der Waals surface area contributed by atoms with E-state index in [1.807, 2.05) is 24.3 Å². The second-order valence-electron chi connectivity index (χ2n) is 6.13. The summed E-state index contributed by atoms with van der Waals surface area (Å²) in [7, 11) is 0. The molecule has 0 bridgehead atoms. The Morgan fingerprint density at radius 3 is 2.77 bits per heavy atom. The predicted octanol–water partition coefficient (Wildman–Crippen LogP) is 3.00. The highest BCUT2D eigenvalue weighted by Crippen LogP contribution is 2.27. The fourth-order valence-corrected chi connectivity index (χ4v) is 3.07. The highest BCUT2D eigenvalue weighted by atomic mass is 16.1. The van der Waals surface area contributed by atoms with Gasteiger partial charge in [0.15, 0.2) is 11.7 Å². The standard InChI is InChI=1S/C20H14N4O2/c21-10-14(18-11-22-16-3-1-2-4-17(16)23-18)20(26)13-5-7-15-12(9-13)6-8-19(25)24-15/h1-5,7,9,11,14H,6,8H2,(H,24,25)/t14-/m0/s1. The first-order valence-corrected chi connectivity index (χ1v) is 8.24. The third kappa shape index (κ3) is 2.80. The first-order valence-electron chi connectivity index (χ1n) is 8.24. The molecule has 0 saturated carbocycles. The van der Waals surface area contributed by atoms with Crippen LogP contribution in [0.2, 0.25) is 0 Å². The van der Waals surface area contributed by atoms with Crippen molar-refractivity contribution in [3.8, 4) is 6.07 Å². The van der Waals surface area contributed by atoms with Crippen molar-refractivity contribution in [1.82, 2.24) is 9.97 Å². The highest BCUT2D eigenvalue weighted by molar-refractivity contribution is 6.04. The molecule has 0 unspecified atom stereocenters. The summed E-state index contributed by atoms with van der Waals surface area (Å²) in [4.78, 5) is 33.1. The quantitative estimate of drug-likeness (QED) is 0.738. The fraction of sp³-hybridized carbons (Fsp3) is 0.150. The number of nitrogens with zero attached hydrogens (tertiary/aromatic N) is 3. The van der Waals surface area contributed by atoms with Crippen molar-refractivity contribution in [2.75, 3.05) is 5.32 Å². The van der Waals surface area contributed by atoms with E-state index in [0.29, 0.717) is 35.1 Å². The monoisotopic (exact) mass is 342 g/mol. The highest BCUT2D eigenvalue weighted by Gasteiger charge is 2.25. The van der Waals surface area contributed by atoms with E-state index in [1.54, 1.807) is 24.3 Å². The third-order valence-corrected chi connectivity index (χ3v) is 4.44. The number of carbonyl (C=O) groups excluding carboxylic acids is 2. The fourth-order valence-electron chi connectivity index (χ4n) is 3.07. The number of nitriles is 1. The minimum absolute atomic E-state index is 0.0297. The predicted molar refractivity (Wildman–Crippen MR) is 95.6 cm³/mol. The van der Waals surface area contributed by atoms with Gasteiger partial charge in [-0.2, -0.15) is 5.26 Å². The average Bonchev–Trinajstić information content (AvgIpc) is 2.68. The van der Waals surface area contributed by atoms with Gasteiger partial charge in [-0.3, -0.25) is 14.6 Å². The maximum Gasteiger partial charge on any atom is 0.224 e. The molecule has 3 aromatic rings. The lowest BCUT2D eigenvalue weighted by atomic mass is 9.92. The van der Waals surface area contributed by atoms with Crippen molar-refractivity contribution in [2.24, 2.45) is 0 Å². The number of para-hydroxylation sites is 2. The number of aromatic nitrogens is 2. The van der Waals surface area contributed by atoms with Gasteiger partial charge in [-0.15, -0.1) is 0 Å². The Labute approximate surface area is 149 Å². The number of benzene rings is 2. The van der Waals surface area contributed by atoms with Crippen LogP contribution in [-0.2, 0) is 11.2 Å². The Balaban J connectivity index is 1.69. The molecule has 1 aliphatic rings. The van der Waals surface area contributed by atoms with E-state index in [-0.39, 0.29) is 11.7 Å². The van der Waals surface area contributed by atoms with Gasteiger partial charge >= 0.3 is 0 Å². The lowest BCUT2D eigenvalue weighted by molar-refractivity contribution is -0.116. The zero-order chi connectivity index (χ0) is 18.1. The number of aryl methyl sites for hydroxylation is 1. The molecule has 4 rings (SSSR count). The lowest BCUT2D eigenvalue weighted by Gasteiger charge is -2.17. The van der Waals surface area contributed by atoms with Gasteiger partial charge in [0.25, 0.3) is 0 Å². The Kier molecular flexibility index (Phi) is 3.90. The van der Waals surface area contributed by atoms with Gasteiger partial charge in [0.1, 0.15) is 0 Å². The molecule has 126 valence electrons. The normalized spacial score (nSPS) is 14.2. The Hall–Kier alpha value is -3.59. The number of fused-ring (bicyclic) bond motifs is 2. The van der Waals surface area contributed by atoms with Crippen LogP contribution in [0.25, 0.3) is 11.0 Å². The molecule has 0 spiro atoms. The molecule has 2 aromatic carbocycles. The molecule has 6 heteroatoms. The Bertz CT molecular complexity index is 1080. The molecule has 1 amide bonds. The van der Waals surface area contributed by atoms with E-state index in [4.69, 9.17) is 0 Å². The number of nitrogens with one attached hydrogen (secondary N) is 1. The SMILES string of the molecule is N#C[C@H](C(=O)c1ccc2c(c1)CCC(=O)N2)c1cnc2ccccc2n1. The molecular weight excluding hydrogens is 328 g/mol. The second-order valence-corrected chi connectivity index (χ2v) is 6.13. The van der Waals surface area contributed by atoms with Crippen molar-refractivity contribution >= 4 is 28.4 Å². The van der Waals surface area contributed by atoms with Crippen LogP contribution in [0.4, 0.5) is 5.69 Å². The van der Waals surface area contributed by atoms with E-state index >= 15 is 0 Å².